The van der Waals surface area contributed by atoms with Crippen LogP contribution in [-0.2, 0) is 47.4 Å². The smallest absolute Gasteiger partial charge is 0.187 e. The second-order valence-corrected chi connectivity index (χ2v) is 24.2. The molecule has 6 heterocycles. The van der Waals surface area contributed by atoms with Gasteiger partial charge in [-0.25, -0.2) is 0 Å². The maximum atomic E-state index is 11.5. The lowest BCUT2D eigenvalue weighted by atomic mass is 9.47. The molecule has 0 bridgehead atoms. The van der Waals surface area contributed by atoms with E-state index in [1.807, 2.05) is 6.92 Å². The zero-order chi connectivity index (χ0) is 53.1. The summed E-state index contributed by atoms with van der Waals surface area (Å²) in [6.45, 7) is 8.49. The van der Waals surface area contributed by atoms with Gasteiger partial charge in [0.05, 0.1) is 50.3 Å². The van der Waals surface area contributed by atoms with Gasteiger partial charge in [0.25, 0.3) is 0 Å². The quantitative estimate of drug-likeness (QED) is 0.0875. The monoisotopic (exact) mass is 1060 g/mol. The summed E-state index contributed by atoms with van der Waals surface area (Å²) in [6, 6.07) is 0. The van der Waals surface area contributed by atoms with Gasteiger partial charge >= 0.3 is 0 Å². The molecule has 0 aromatic carbocycles. The van der Waals surface area contributed by atoms with E-state index >= 15 is 0 Å². The molecule has 0 aromatic rings. The average molecular weight is 1060 g/mol. The van der Waals surface area contributed by atoms with Gasteiger partial charge in [-0.1, -0.05) is 32.4 Å². The molecule has 424 valence electrons. The van der Waals surface area contributed by atoms with Crippen LogP contribution in [0, 0.1) is 40.4 Å². The summed E-state index contributed by atoms with van der Waals surface area (Å²) in [5, 5.41) is 137. The molecule has 74 heavy (non-hydrogen) atoms. The highest BCUT2D eigenvalue weighted by molar-refractivity contribution is 5.27. The second kappa shape index (κ2) is 21.0. The minimum atomic E-state index is -1.90. The molecule has 3 saturated carbocycles. The summed E-state index contributed by atoms with van der Waals surface area (Å²) in [5.41, 5.74) is 0.374. The highest BCUT2D eigenvalue weighted by Crippen LogP contribution is 2.71. The molecule has 0 aromatic heterocycles. The van der Waals surface area contributed by atoms with E-state index in [9.17, 15) is 66.4 Å². The van der Waals surface area contributed by atoms with Gasteiger partial charge < -0.3 is 114 Å². The summed E-state index contributed by atoms with van der Waals surface area (Å²) in [5.74, 6) is 0.781. The lowest BCUT2D eigenvalue weighted by Gasteiger charge is -2.58. The van der Waals surface area contributed by atoms with Gasteiger partial charge in [-0.05, 0) is 99.7 Å². The first-order chi connectivity index (χ1) is 35.0. The van der Waals surface area contributed by atoms with Crippen LogP contribution >= 0.6 is 0 Å². The van der Waals surface area contributed by atoms with Crippen LogP contribution < -0.4 is 0 Å². The van der Waals surface area contributed by atoms with Crippen LogP contribution in [0.4, 0.5) is 0 Å². The third-order valence-electron chi connectivity index (χ3n) is 19.9. The molecule has 23 heteroatoms. The molecule has 0 amide bonds. The lowest BCUT2D eigenvalue weighted by Crippen LogP contribution is -2.66. The average Bonchev–Trinajstić information content (AvgIpc) is 3.98. The van der Waals surface area contributed by atoms with Gasteiger partial charge in [-0.2, -0.15) is 0 Å². The molecule has 31 unspecified atom stereocenters. The number of aliphatic hydroxyl groups is 13. The van der Waals surface area contributed by atoms with Crippen molar-refractivity contribution >= 4 is 0 Å². The molecule has 13 N–H and O–H groups in total. The van der Waals surface area contributed by atoms with Crippen LogP contribution in [0.5, 0.6) is 0 Å². The van der Waals surface area contributed by atoms with Crippen molar-refractivity contribution in [2.24, 2.45) is 40.4 Å². The highest BCUT2D eigenvalue weighted by atomic mass is 16.8. The van der Waals surface area contributed by atoms with E-state index in [4.69, 9.17) is 47.4 Å². The summed E-state index contributed by atoms with van der Waals surface area (Å²) in [4.78, 5) is 0. The SMILES string of the molecule is CC1OC(OC2C(CO)OC(OC3C(OC4CCC5(C)C(=CCC6C5CCC5(C)C6CC6OC7(CCC(C)(COC8OC(CO)C(O)C(O)C8O)O7)C(C)C65)C4)OC(CO)C(O)C3O)C(O)C2O)C(O)C(O)C1O. The zero-order valence-corrected chi connectivity index (χ0v) is 42.8. The highest BCUT2D eigenvalue weighted by Gasteiger charge is 2.70. The molecule has 6 aliphatic heterocycles. The normalized spacial score (nSPS) is 57.4. The standard InChI is InChI=1S/C51H82O23/c1-20-31-27(73-51(20)13-12-48(3,74-51)19-65-44-39(62)36(59)33(56)28(16-52)68-44)15-26-24-7-6-22-14-23(8-10-49(22,4)25(24)9-11-50(26,31)5)67-47-43(37(60)34(57)29(17-53)69-47)72-46-41(64)38(61)42(30(18-54)70-46)71-45-40(63)35(58)32(55)21(2)66-45/h6,20-21,23-47,52-64H,7-19H2,1-5H3. The van der Waals surface area contributed by atoms with Gasteiger partial charge in [-0.3, -0.25) is 0 Å². The molecule has 31 atom stereocenters. The molecule has 10 aliphatic rings. The van der Waals surface area contributed by atoms with Crippen molar-refractivity contribution in [3.8, 4) is 0 Å². The Hall–Kier alpha value is -1.18. The van der Waals surface area contributed by atoms with Crippen LogP contribution in [0.2, 0.25) is 0 Å². The Morgan fingerprint density at radius 2 is 1.18 bits per heavy atom. The Labute approximate surface area is 430 Å². The minimum absolute atomic E-state index is 0.00375. The van der Waals surface area contributed by atoms with E-state index in [0.29, 0.717) is 43.4 Å². The third kappa shape index (κ3) is 9.38. The number of ether oxygens (including phenoxy) is 10. The van der Waals surface area contributed by atoms with Crippen molar-refractivity contribution in [1.82, 2.24) is 0 Å². The Bertz CT molecular complexity index is 1980. The summed E-state index contributed by atoms with van der Waals surface area (Å²) >= 11 is 0. The summed E-state index contributed by atoms with van der Waals surface area (Å²) in [6.07, 6.45) is -21.2. The number of aliphatic hydroxyl groups excluding tert-OH is 13. The molecule has 10 rings (SSSR count). The molecule has 4 aliphatic carbocycles. The van der Waals surface area contributed by atoms with E-state index in [-0.39, 0.29) is 35.4 Å². The van der Waals surface area contributed by atoms with Gasteiger partial charge in [-0.15, -0.1) is 0 Å². The van der Waals surface area contributed by atoms with Gasteiger partial charge in [0, 0.05) is 12.3 Å². The van der Waals surface area contributed by atoms with Gasteiger partial charge in [0.15, 0.2) is 30.9 Å². The maximum absolute atomic E-state index is 11.5. The Morgan fingerprint density at radius 1 is 0.581 bits per heavy atom. The van der Waals surface area contributed by atoms with Crippen molar-refractivity contribution < 1.29 is 114 Å². The number of rotatable bonds is 12. The molecule has 0 radical (unpaired) electrons. The number of hydrogen-bond acceptors (Lipinski definition) is 23. The van der Waals surface area contributed by atoms with E-state index in [1.54, 1.807) is 0 Å². The van der Waals surface area contributed by atoms with Crippen molar-refractivity contribution in [1.29, 1.82) is 0 Å². The molecule has 9 fully saturated rings. The Morgan fingerprint density at radius 3 is 1.88 bits per heavy atom. The van der Waals surface area contributed by atoms with Crippen molar-refractivity contribution in [2.75, 3.05) is 26.4 Å². The molecule has 6 saturated heterocycles. The first-order valence-corrected chi connectivity index (χ1v) is 26.9. The first-order valence-electron chi connectivity index (χ1n) is 26.9. The fraction of sp³-hybridized carbons (Fsp3) is 0.961. The maximum Gasteiger partial charge on any atom is 0.187 e. The van der Waals surface area contributed by atoms with Crippen molar-refractivity contribution in [2.45, 2.75) is 239 Å². The van der Waals surface area contributed by atoms with Gasteiger partial charge in [0.1, 0.15) is 91.6 Å². The predicted molar refractivity (Wildman–Crippen MR) is 248 cm³/mol. The van der Waals surface area contributed by atoms with Crippen LogP contribution in [0.1, 0.15) is 92.4 Å². The lowest BCUT2D eigenvalue weighted by molar-refractivity contribution is -0.386. The van der Waals surface area contributed by atoms with Crippen molar-refractivity contribution in [3.63, 3.8) is 0 Å². The largest absolute Gasteiger partial charge is 0.394 e. The molecular weight excluding hydrogens is 981 g/mol. The minimum Gasteiger partial charge on any atom is -0.394 e. The summed E-state index contributed by atoms with van der Waals surface area (Å²) < 4.78 is 61.4. The van der Waals surface area contributed by atoms with Crippen LogP contribution in [0.3, 0.4) is 0 Å². The molecule has 23 nitrogen and oxygen atoms in total. The number of allylic oxidation sites excluding steroid dienone is 1. The van der Waals surface area contributed by atoms with Crippen LogP contribution in [0.25, 0.3) is 0 Å². The van der Waals surface area contributed by atoms with Crippen LogP contribution in [-0.4, -0.2) is 239 Å². The number of hydrogen-bond donors (Lipinski definition) is 13. The van der Waals surface area contributed by atoms with E-state index in [2.05, 4.69) is 26.8 Å². The zero-order valence-electron chi connectivity index (χ0n) is 42.8. The van der Waals surface area contributed by atoms with Crippen LogP contribution in [0.15, 0.2) is 11.6 Å². The fourth-order valence-corrected chi connectivity index (χ4v) is 15.6. The Balaban J connectivity index is 0.778. The second-order valence-electron chi connectivity index (χ2n) is 24.2. The molecule has 1 spiro atoms. The predicted octanol–water partition coefficient (Wildman–Crippen LogP) is -2.85. The van der Waals surface area contributed by atoms with Crippen molar-refractivity contribution in [3.05, 3.63) is 11.6 Å². The Kier molecular flexibility index (Phi) is 16.0. The summed E-state index contributed by atoms with van der Waals surface area (Å²) in [7, 11) is 0. The van der Waals surface area contributed by atoms with Gasteiger partial charge in [0.2, 0.25) is 0 Å². The topological polar surface area (TPSA) is 355 Å². The third-order valence-corrected chi connectivity index (χ3v) is 19.9. The fourth-order valence-electron chi connectivity index (χ4n) is 15.6. The van der Waals surface area contributed by atoms with E-state index in [1.165, 1.54) is 12.5 Å². The van der Waals surface area contributed by atoms with E-state index in [0.717, 1.165) is 32.1 Å². The first kappa shape index (κ1) is 56.1. The number of fused-ring (bicyclic) bond motifs is 7. The van der Waals surface area contributed by atoms with E-state index < -0.39 is 160 Å². The molecular formula is C51H82O23.